The fourth-order valence-electron chi connectivity index (χ4n) is 2.31. The minimum Gasteiger partial charge on any atom is -0.496 e. The second-order valence-electron chi connectivity index (χ2n) is 4.77. The van der Waals surface area contributed by atoms with E-state index in [9.17, 15) is 0 Å². The molecular formula is C16H18BrClOS. The second kappa shape index (κ2) is 6.50. The Kier molecular flexibility index (Phi) is 5.16. The highest BCUT2D eigenvalue weighted by atomic mass is 79.9. The molecule has 0 aliphatic carbocycles. The lowest BCUT2D eigenvalue weighted by atomic mass is 10.00. The van der Waals surface area contributed by atoms with Crippen LogP contribution in [0.4, 0.5) is 0 Å². The molecule has 1 aromatic heterocycles. The summed E-state index contributed by atoms with van der Waals surface area (Å²) in [6.07, 6.45) is 1.04. The van der Waals surface area contributed by atoms with Crippen molar-refractivity contribution in [2.75, 3.05) is 7.11 Å². The molecule has 1 aromatic carbocycles. The first-order valence-corrected chi connectivity index (χ1v) is 8.60. The van der Waals surface area contributed by atoms with Crippen LogP contribution >= 0.6 is 38.9 Å². The van der Waals surface area contributed by atoms with E-state index in [0.717, 1.165) is 33.3 Å². The topological polar surface area (TPSA) is 9.23 Å². The van der Waals surface area contributed by atoms with Crippen LogP contribution in [0.1, 0.15) is 38.7 Å². The first-order chi connectivity index (χ1) is 9.49. The third-order valence-corrected chi connectivity index (χ3v) is 6.15. The molecule has 4 heteroatoms. The molecule has 0 aliphatic heterocycles. The average molecular weight is 374 g/mol. The molecule has 0 amide bonds. The number of methoxy groups -OCH3 is 1. The molecule has 0 aliphatic rings. The molecule has 1 heterocycles. The summed E-state index contributed by atoms with van der Waals surface area (Å²) in [5, 5.41) is -0.175. The van der Waals surface area contributed by atoms with Crippen LogP contribution in [0.3, 0.4) is 0 Å². The molecule has 0 N–H and O–H groups in total. The summed E-state index contributed by atoms with van der Waals surface area (Å²) >= 11 is 12.1. The van der Waals surface area contributed by atoms with Gasteiger partial charge in [-0.15, -0.1) is 22.9 Å². The molecule has 0 saturated heterocycles. The SMILES string of the molecule is CCc1ccc(C(Cl)c2c(C)c(Br)cc(C)c2OC)s1. The molecular weight excluding hydrogens is 356 g/mol. The number of hydrogen-bond donors (Lipinski definition) is 0. The van der Waals surface area contributed by atoms with Crippen LogP contribution in [-0.4, -0.2) is 7.11 Å². The average Bonchev–Trinajstić information content (AvgIpc) is 2.90. The van der Waals surface area contributed by atoms with Crippen LogP contribution in [-0.2, 0) is 6.42 Å². The molecule has 1 unspecified atom stereocenters. The highest BCUT2D eigenvalue weighted by molar-refractivity contribution is 9.10. The van der Waals surface area contributed by atoms with Crippen LogP contribution in [0.2, 0.25) is 0 Å². The molecule has 0 bridgehead atoms. The minimum atomic E-state index is -0.175. The lowest BCUT2D eigenvalue weighted by Crippen LogP contribution is -2.02. The van der Waals surface area contributed by atoms with Gasteiger partial charge >= 0.3 is 0 Å². The van der Waals surface area contributed by atoms with Gasteiger partial charge in [0.05, 0.1) is 12.5 Å². The smallest absolute Gasteiger partial charge is 0.127 e. The van der Waals surface area contributed by atoms with Gasteiger partial charge in [-0.2, -0.15) is 0 Å². The van der Waals surface area contributed by atoms with Gasteiger partial charge in [-0.05, 0) is 49.6 Å². The maximum absolute atomic E-state index is 6.74. The van der Waals surface area contributed by atoms with Gasteiger partial charge in [0, 0.05) is 19.8 Å². The molecule has 0 fully saturated rings. The van der Waals surface area contributed by atoms with Gasteiger partial charge in [-0.3, -0.25) is 0 Å². The van der Waals surface area contributed by atoms with Gasteiger partial charge in [0.1, 0.15) is 5.75 Å². The molecule has 0 spiro atoms. The number of ether oxygens (including phenoxy) is 1. The van der Waals surface area contributed by atoms with E-state index in [1.165, 1.54) is 9.75 Å². The van der Waals surface area contributed by atoms with E-state index in [-0.39, 0.29) is 5.38 Å². The quantitative estimate of drug-likeness (QED) is 0.595. The Bertz CT molecular complexity index is 621. The highest BCUT2D eigenvalue weighted by Crippen LogP contribution is 2.43. The van der Waals surface area contributed by atoms with E-state index >= 15 is 0 Å². The number of alkyl halides is 1. The van der Waals surface area contributed by atoms with Gasteiger partial charge in [0.15, 0.2) is 0 Å². The molecule has 0 radical (unpaired) electrons. The third-order valence-electron chi connectivity index (χ3n) is 3.45. The van der Waals surface area contributed by atoms with Crippen molar-refractivity contribution < 1.29 is 4.74 Å². The van der Waals surface area contributed by atoms with Crippen molar-refractivity contribution >= 4 is 38.9 Å². The van der Waals surface area contributed by atoms with E-state index < -0.39 is 0 Å². The molecule has 0 saturated carbocycles. The summed E-state index contributed by atoms with van der Waals surface area (Å²) < 4.78 is 6.66. The van der Waals surface area contributed by atoms with Crippen LogP contribution in [0.5, 0.6) is 5.75 Å². The summed E-state index contributed by atoms with van der Waals surface area (Å²) in [6.45, 7) is 6.28. The largest absolute Gasteiger partial charge is 0.496 e. The zero-order chi connectivity index (χ0) is 14.9. The van der Waals surface area contributed by atoms with Crippen molar-refractivity contribution in [1.82, 2.24) is 0 Å². The molecule has 1 atom stereocenters. The fourth-order valence-corrected chi connectivity index (χ4v) is 4.28. The number of halogens is 2. The van der Waals surface area contributed by atoms with E-state index in [1.807, 2.05) is 6.92 Å². The Morgan fingerprint density at radius 2 is 2.05 bits per heavy atom. The van der Waals surface area contributed by atoms with Crippen molar-refractivity contribution in [3.63, 3.8) is 0 Å². The summed E-state index contributed by atoms with van der Waals surface area (Å²) in [4.78, 5) is 2.52. The fraction of sp³-hybridized carbons (Fsp3) is 0.375. The Labute approximate surface area is 138 Å². The number of rotatable bonds is 4. The normalized spacial score (nSPS) is 12.5. The molecule has 108 valence electrons. The standard InChI is InChI=1S/C16H18BrClOS/c1-5-11-6-7-13(20-11)15(18)14-10(3)12(17)8-9(2)16(14)19-4/h6-8,15H,5H2,1-4H3. The van der Waals surface area contributed by atoms with Crippen LogP contribution in [0.15, 0.2) is 22.7 Å². The van der Waals surface area contributed by atoms with Crippen molar-refractivity contribution in [3.8, 4) is 5.75 Å². The Balaban J connectivity index is 2.55. The summed E-state index contributed by atoms with van der Waals surface area (Å²) in [5.74, 6) is 0.886. The van der Waals surface area contributed by atoms with Crippen LogP contribution < -0.4 is 4.74 Å². The lowest BCUT2D eigenvalue weighted by Gasteiger charge is -2.19. The summed E-state index contributed by atoms with van der Waals surface area (Å²) in [6, 6.07) is 6.35. The zero-order valence-electron chi connectivity index (χ0n) is 12.1. The molecule has 2 aromatic rings. The van der Waals surface area contributed by atoms with Gasteiger partial charge in [0.2, 0.25) is 0 Å². The number of thiophene rings is 1. The molecule has 1 nitrogen and oxygen atoms in total. The molecule has 20 heavy (non-hydrogen) atoms. The minimum absolute atomic E-state index is 0.175. The van der Waals surface area contributed by atoms with E-state index in [1.54, 1.807) is 18.4 Å². The van der Waals surface area contributed by atoms with E-state index in [2.05, 4.69) is 48.0 Å². The second-order valence-corrected chi connectivity index (χ2v) is 7.26. The summed E-state index contributed by atoms with van der Waals surface area (Å²) in [5.41, 5.74) is 3.29. The lowest BCUT2D eigenvalue weighted by molar-refractivity contribution is 0.406. The van der Waals surface area contributed by atoms with Crippen molar-refractivity contribution in [1.29, 1.82) is 0 Å². The van der Waals surface area contributed by atoms with Gasteiger partial charge in [-0.25, -0.2) is 0 Å². The first-order valence-electron chi connectivity index (χ1n) is 6.55. The maximum Gasteiger partial charge on any atom is 0.127 e. The maximum atomic E-state index is 6.74. The van der Waals surface area contributed by atoms with Crippen molar-refractivity contribution in [2.45, 2.75) is 32.6 Å². The molecule has 2 rings (SSSR count). The number of benzene rings is 1. The van der Waals surface area contributed by atoms with Crippen LogP contribution in [0.25, 0.3) is 0 Å². The number of aryl methyl sites for hydroxylation is 2. The Morgan fingerprint density at radius 3 is 2.60 bits per heavy atom. The highest BCUT2D eigenvalue weighted by Gasteiger charge is 2.22. The predicted octanol–water partition coefficient (Wildman–Crippen LogP) is 6.03. The first kappa shape index (κ1) is 15.9. The van der Waals surface area contributed by atoms with Crippen molar-refractivity contribution in [3.05, 3.63) is 49.1 Å². The zero-order valence-corrected chi connectivity index (χ0v) is 15.2. The third kappa shape index (κ3) is 2.90. The summed E-state index contributed by atoms with van der Waals surface area (Å²) in [7, 11) is 1.70. The number of hydrogen-bond acceptors (Lipinski definition) is 2. The predicted molar refractivity (Wildman–Crippen MR) is 91.6 cm³/mol. The van der Waals surface area contributed by atoms with E-state index in [0.29, 0.717) is 0 Å². The van der Waals surface area contributed by atoms with Crippen molar-refractivity contribution in [2.24, 2.45) is 0 Å². The monoisotopic (exact) mass is 372 g/mol. The Morgan fingerprint density at radius 1 is 1.35 bits per heavy atom. The Hall–Kier alpha value is -0.510. The van der Waals surface area contributed by atoms with Gasteiger partial charge in [-0.1, -0.05) is 22.9 Å². The van der Waals surface area contributed by atoms with Gasteiger partial charge in [0.25, 0.3) is 0 Å². The van der Waals surface area contributed by atoms with Crippen LogP contribution in [0, 0.1) is 13.8 Å². The van der Waals surface area contributed by atoms with E-state index in [4.69, 9.17) is 16.3 Å². The van der Waals surface area contributed by atoms with Gasteiger partial charge < -0.3 is 4.74 Å².